The highest BCUT2D eigenvalue weighted by Crippen LogP contribution is 2.34. The third-order valence-electron chi connectivity index (χ3n) is 7.51. The van der Waals surface area contributed by atoms with Crippen LogP contribution in [-0.2, 0) is 35.9 Å². The van der Waals surface area contributed by atoms with Crippen LogP contribution in [0, 0.1) is 12.7 Å². The number of aromatic nitrogens is 4. The van der Waals surface area contributed by atoms with Gasteiger partial charge in [-0.05, 0) is 65.9 Å². The molecule has 0 spiro atoms. The van der Waals surface area contributed by atoms with E-state index < -0.39 is 16.1 Å². The van der Waals surface area contributed by atoms with Crippen LogP contribution < -0.4 is 5.73 Å². The minimum atomic E-state index is -1.23. The van der Waals surface area contributed by atoms with Crippen molar-refractivity contribution in [2.24, 2.45) is 5.73 Å². The summed E-state index contributed by atoms with van der Waals surface area (Å²) in [7, 11) is -2.44. The van der Waals surface area contributed by atoms with Crippen molar-refractivity contribution >= 4 is 27.1 Å². The van der Waals surface area contributed by atoms with Crippen molar-refractivity contribution in [1.29, 1.82) is 0 Å². The highest BCUT2D eigenvalue weighted by molar-refractivity contribution is 6.76. The first-order valence-corrected chi connectivity index (χ1v) is 22.4. The zero-order valence-corrected chi connectivity index (χ0v) is 28.7. The van der Waals surface area contributed by atoms with Gasteiger partial charge in [0.25, 0.3) is 0 Å². The lowest BCUT2D eigenvalue weighted by atomic mass is 9.95. The molecule has 0 amide bonds. The number of fused-ring (bicyclic) bond motifs is 1. The average molecular weight is 610 g/mol. The van der Waals surface area contributed by atoms with Crippen LogP contribution in [0.25, 0.3) is 33.5 Å². The molecule has 4 rings (SSSR count). The maximum atomic E-state index is 14.7. The van der Waals surface area contributed by atoms with Crippen molar-refractivity contribution in [1.82, 2.24) is 19.3 Å². The lowest BCUT2D eigenvalue weighted by molar-refractivity contribution is 0.0816. The number of aryl methyl sites for hydroxylation is 2. The molecule has 0 unspecified atom stereocenters. The Morgan fingerprint density at radius 1 is 0.929 bits per heavy atom. The summed E-state index contributed by atoms with van der Waals surface area (Å²) in [6.07, 6.45) is 2.77. The molecule has 0 atom stereocenters. The van der Waals surface area contributed by atoms with Gasteiger partial charge in [-0.15, -0.1) is 0 Å². The molecule has 2 heterocycles. The second-order valence-corrected chi connectivity index (χ2v) is 24.9. The van der Waals surface area contributed by atoms with Gasteiger partial charge in [0.15, 0.2) is 5.82 Å². The molecule has 0 radical (unpaired) electrons. The average Bonchev–Trinajstić information content (AvgIpc) is 3.50. The van der Waals surface area contributed by atoms with Crippen LogP contribution in [-0.4, -0.2) is 48.7 Å². The zero-order chi connectivity index (χ0) is 30.7. The predicted molar refractivity (Wildman–Crippen MR) is 177 cm³/mol. The van der Waals surface area contributed by atoms with Crippen molar-refractivity contribution in [3.63, 3.8) is 0 Å². The molecule has 42 heavy (non-hydrogen) atoms. The number of imidazole rings is 1. The number of rotatable bonds is 14. The zero-order valence-electron chi connectivity index (χ0n) is 26.7. The summed E-state index contributed by atoms with van der Waals surface area (Å²) in [5.41, 5.74) is 12.1. The van der Waals surface area contributed by atoms with Crippen molar-refractivity contribution in [3.05, 3.63) is 59.2 Å². The first-order chi connectivity index (χ1) is 19.8. The highest BCUT2D eigenvalue weighted by Gasteiger charge is 2.21. The molecular weight excluding hydrogens is 562 g/mol. The van der Waals surface area contributed by atoms with E-state index in [9.17, 15) is 4.39 Å². The van der Waals surface area contributed by atoms with Gasteiger partial charge in [-0.1, -0.05) is 58.3 Å². The summed E-state index contributed by atoms with van der Waals surface area (Å²) in [5.74, 6) is 0.523. The number of ether oxygens (including phenoxy) is 2. The second-order valence-electron chi connectivity index (χ2n) is 13.6. The number of halogens is 1. The third-order valence-corrected chi connectivity index (χ3v) is 10.9. The molecule has 0 aliphatic carbocycles. The van der Waals surface area contributed by atoms with Crippen LogP contribution in [0.3, 0.4) is 0 Å². The first-order valence-electron chi connectivity index (χ1n) is 15.0. The van der Waals surface area contributed by atoms with Gasteiger partial charge < -0.3 is 19.8 Å². The maximum absolute atomic E-state index is 14.7. The fourth-order valence-corrected chi connectivity index (χ4v) is 6.35. The van der Waals surface area contributed by atoms with E-state index in [0.29, 0.717) is 38.8 Å². The van der Waals surface area contributed by atoms with E-state index in [4.69, 9.17) is 25.3 Å². The Bertz CT molecular complexity index is 1520. The van der Waals surface area contributed by atoms with E-state index in [2.05, 4.69) is 64.4 Å². The monoisotopic (exact) mass is 609 g/mol. The number of hydrogen-bond donors (Lipinski definition) is 1. The SMILES string of the molecule is CCc1cc(C)c(F)cc1-c1ccc2c(-c3nc(CN)cn3COCC[Si](C)(C)C)nn(COCC[Si](C)(C)C)c2c1. The van der Waals surface area contributed by atoms with E-state index in [1.165, 1.54) is 0 Å². The Labute approximate surface area is 252 Å². The lowest BCUT2D eigenvalue weighted by Crippen LogP contribution is -2.22. The van der Waals surface area contributed by atoms with Crippen LogP contribution in [0.15, 0.2) is 36.5 Å². The number of hydrogen-bond acceptors (Lipinski definition) is 5. The summed E-state index contributed by atoms with van der Waals surface area (Å²) in [4.78, 5) is 4.85. The van der Waals surface area contributed by atoms with E-state index in [0.717, 1.165) is 63.3 Å². The fraction of sp³-hybridized carbons (Fsp3) is 0.500. The first kappa shape index (κ1) is 32.3. The Kier molecular flexibility index (Phi) is 10.3. The maximum Gasteiger partial charge on any atom is 0.163 e. The summed E-state index contributed by atoms with van der Waals surface area (Å²) in [6, 6.07) is 12.0. The largest absolute Gasteiger partial charge is 0.361 e. The van der Waals surface area contributed by atoms with E-state index in [1.54, 1.807) is 6.07 Å². The Morgan fingerprint density at radius 3 is 2.21 bits per heavy atom. The molecular formula is C32H48FN5O2Si2. The Hall–Kier alpha value is -2.64. The van der Waals surface area contributed by atoms with Crippen molar-refractivity contribution in [2.75, 3.05) is 13.2 Å². The molecule has 10 heteroatoms. The topological polar surface area (TPSA) is 80.1 Å². The molecule has 0 saturated heterocycles. The minimum absolute atomic E-state index is 0.198. The normalized spacial score (nSPS) is 12.5. The summed E-state index contributed by atoms with van der Waals surface area (Å²) in [6.45, 7) is 20.4. The van der Waals surface area contributed by atoms with Gasteiger partial charge in [-0.3, -0.25) is 0 Å². The second kappa shape index (κ2) is 13.3. The molecule has 0 aliphatic heterocycles. The van der Waals surface area contributed by atoms with E-state index in [1.807, 2.05) is 28.4 Å². The minimum Gasteiger partial charge on any atom is -0.361 e. The van der Waals surface area contributed by atoms with Crippen molar-refractivity contribution in [2.45, 2.75) is 91.6 Å². The number of nitrogens with two attached hydrogens (primary N) is 1. The van der Waals surface area contributed by atoms with Crippen LogP contribution in [0.4, 0.5) is 4.39 Å². The van der Waals surface area contributed by atoms with E-state index >= 15 is 0 Å². The van der Waals surface area contributed by atoms with Crippen LogP contribution >= 0.6 is 0 Å². The molecule has 0 bridgehead atoms. The molecule has 2 aromatic heterocycles. The summed E-state index contributed by atoms with van der Waals surface area (Å²) < 4.78 is 30.9. The molecule has 2 N–H and O–H groups in total. The van der Waals surface area contributed by atoms with Crippen molar-refractivity contribution < 1.29 is 13.9 Å². The summed E-state index contributed by atoms with van der Waals surface area (Å²) >= 11 is 0. The number of benzene rings is 2. The fourth-order valence-electron chi connectivity index (χ4n) is 4.83. The van der Waals surface area contributed by atoms with Gasteiger partial charge in [0.05, 0.1) is 11.2 Å². The van der Waals surface area contributed by atoms with Crippen LogP contribution in [0.1, 0.15) is 23.7 Å². The van der Waals surface area contributed by atoms with Gasteiger partial charge in [0.1, 0.15) is 25.0 Å². The predicted octanol–water partition coefficient (Wildman–Crippen LogP) is 7.66. The van der Waals surface area contributed by atoms with Crippen LogP contribution in [0.5, 0.6) is 0 Å². The number of nitrogens with zero attached hydrogens (tertiary/aromatic N) is 4. The quantitative estimate of drug-likeness (QED) is 0.117. The van der Waals surface area contributed by atoms with Gasteiger partial charge in [0.2, 0.25) is 0 Å². The van der Waals surface area contributed by atoms with E-state index in [-0.39, 0.29) is 5.82 Å². The molecule has 0 aliphatic rings. The lowest BCUT2D eigenvalue weighted by Gasteiger charge is -2.16. The standard InChI is InChI=1S/C32H48FN5O2Si2/c1-9-24-16-23(2)29(33)18-28(24)25-10-11-27-30(17-25)38(22-40-13-15-42(6,7)8)36-31(27)32-35-26(19-34)20-37(32)21-39-12-14-41(3,4)5/h10-11,16-18,20H,9,12-15,19,21-22,34H2,1-8H3. The van der Waals surface area contributed by atoms with Gasteiger partial charge in [-0.2, -0.15) is 5.10 Å². The van der Waals surface area contributed by atoms with Gasteiger partial charge >= 0.3 is 0 Å². The molecule has 2 aromatic carbocycles. The summed E-state index contributed by atoms with van der Waals surface area (Å²) in [5, 5.41) is 5.99. The molecule has 0 saturated carbocycles. The smallest absolute Gasteiger partial charge is 0.163 e. The third kappa shape index (κ3) is 8.05. The highest BCUT2D eigenvalue weighted by atomic mass is 28.3. The van der Waals surface area contributed by atoms with Gasteiger partial charge in [-0.25, -0.2) is 14.1 Å². The Balaban J connectivity index is 1.76. The van der Waals surface area contributed by atoms with Gasteiger partial charge in [0, 0.05) is 47.5 Å². The van der Waals surface area contributed by atoms with Crippen LogP contribution in [0.2, 0.25) is 51.4 Å². The molecule has 4 aromatic rings. The molecule has 0 fully saturated rings. The molecule has 7 nitrogen and oxygen atoms in total. The molecule has 228 valence electrons. The van der Waals surface area contributed by atoms with Crippen molar-refractivity contribution in [3.8, 4) is 22.6 Å². The Morgan fingerprint density at radius 2 is 1.60 bits per heavy atom.